The molecule has 1 spiro atoms. The fourth-order valence-corrected chi connectivity index (χ4v) is 5.67. The predicted octanol–water partition coefficient (Wildman–Crippen LogP) is 2.29. The van der Waals surface area contributed by atoms with Crippen LogP contribution >= 0.6 is 23.1 Å². The van der Waals surface area contributed by atoms with Gasteiger partial charge in [-0.15, -0.1) is 23.1 Å². The molecule has 1 atom stereocenters. The van der Waals surface area contributed by atoms with Gasteiger partial charge in [0.2, 0.25) is 0 Å². The van der Waals surface area contributed by atoms with Gasteiger partial charge in [-0.25, -0.2) is 4.98 Å². The maximum atomic E-state index is 12.3. The van der Waals surface area contributed by atoms with Crippen LogP contribution in [0.25, 0.3) is 0 Å². The molecule has 1 amide bonds. The van der Waals surface area contributed by atoms with Gasteiger partial charge in [0.15, 0.2) is 0 Å². The number of amides is 1. The van der Waals surface area contributed by atoms with E-state index >= 15 is 0 Å². The molecule has 0 radical (unpaired) electrons. The first-order valence-electron chi connectivity index (χ1n) is 8.25. The summed E-state index contributed by atoms with van der Waals surface area (Å²) in [6, 6.07) is 0. The number of carbonyl (C=O) groups is 1. The van der Waals surface area contributed by atoms with Crippen LogP contribution in [0.4, 0.5) is 0 Å². The normalized spacial score (nSPS) is 27.3. The minimum absolute atomic E-state index is 0.0732. The van der Waals surface area contributed by atoms with E-state index in [9.17, 15) is 4.79 Å². The number of hydrogen-bond acceptors (Lipinski definition) is 6. The van der Waals surface area contributed by atoms with Crippen LogP contribution in [-0.4, -0.2) is 65.3 Å². The van der Waals surface area contributed by atoms with Crippen molar-refractivity contribution in [3.05, 3.63) is 16.6 Å². The molecule has 4 rings (SSSR count). The number of carbonyl (C=O) groups excluding carboxylic acids is 1. The molecule has 0 aliphatic carbocycles. The first kappa shape index (κ1) is 15.9. The molecule has 0 N–H and O–H groups in total. The van der Waals surface area contributed by atoms with E-state index in [1.165, 1.54) is 11.3 Å². The molecule has 23 heavy (non-hydrogen) atoms. The molecular formula is C16H22N2O3S2. The Morgan fingerprint density at radius 3 is 3.00 bits per heavy atom. The number of likely N-dealkylation sites (tertiary alicyclic amines) is 1. The van der Waals surface area contributed by atoms with E-state index in [4.69, 9.17) is 9.47 Å². The van der Waals surface area contributed by atoms with Crippen LogP contribution in [0.1, 0.15) is 29.8 Å². The molecular weight excluding hydrogens is 332 g/mol. The Hall–Kier alpha value is -0.630. The lowest BCUT2D eigenvalue weighted by Gasteiger charge is -2.47. The Kier molecular flexibility index (Phi) is 4.63. The quantitative estimate of drug-likeness (QED) is 0.830. The summed E-state index contributed by atoms with van der Waals surface area (Å²) in [4.78, 5) is 18.3. The second-order valence-electron chi connectivity index (χ2n) is 6.74. The molecule has 3 saturated heterocycles. The first-order chi connectivity index (χ1) is 11.2. The third-order valence-electron chi connectivity index (χ3n) is 4.98. The standard InChI is InChI=1S/C16H22N2O3S2/c19-15(14-8-22-11-17-14)18-9-16(10-18)5-13(7-23-16)21-6-12-1-3-20-4-2-12/h8,11-13H,1-7,9-10H2. The van der Waals surface area contributed by atoms with Crippen molar-refractivity contribution in [3.8, 4) is 0 Å². The number of thiazole rings is 1. The maximum absolute atomic E-state index is 12.3. The van der Waals surface area contributed by atoms with Crippen molar-refractivity contribution < 1.29 is 14.3 Å². The average molecular weight is 354 g/mol. The van der Waals surface area contributed by atoms with Crippen molar-refractivity contribution in [1.82, 2.24) is 9.88 Å². The highest BCUT2D eigenvalue weighted by molar-refractivity contribution is 8.01. The van der Waals surface area contributed by atoms with Gasteiger partial charge in [-0.2, -0.15) is 0 Å². The van der Waals surface area contributed by atoms with Crippen LogP contribution in [0.3, 0.4) is 0 Å². The van der Waals surface area contributed by atoms with E-state index in [0.717, 1.165) is 57.9 Å². The van der Waals surface area contributed by atoms with Gasteiger partial charge in [-0.3, -0.25) is 4.79 Å². The largest absolute Gasteiger partial charge is 0.381 e. The first-order valence-corrected chi connectivity index (χ1v) is 10.2. The number of hydrogen-bond donors (Lipinski definition) is 0. The zero-order chi connectivity index (χ0) is 15.7. The molecule has 3 aliphatic heterocycles. The zero-order valence-corrected chi connectivity index (χ0v) is 14.7. The predicted molar refractivity (Wildman–Crippen MR) is 91.1 cm³/mol. The van der Waals surface area contributed by atoms with E-state index in [0.29, 0.717) is 17.7 Å². The summed E-state index contributed by atoms with van der Waals surface area (Å²) in [5.41, 5.74) is 2.30. The highest BCUT2D eigenvalue weighted by Gasteiger charge is 2.51. The van der Waals surface area contributed by atoms with Gasteiger partial charge in [0, 0.05) is 44.0 Å². The maximum Gasteiger partial charge on any atom is 0.273 e. The number of thioether (sulfide) groups is 1. The molecule has 126 valence electrons. The Balaban J connectivity index is 1.23. The van der Waals surface area contributed by atoms with Gasteiger partial charge in [0.05, 0.1) is 16.4 Å². The van der Waals surface area contributed by atoms with E-state index in [1.54, 1.807) is 5.51 Å². The van der Waals surface area contributed by atoms with Crippen LogP contribution in [0, 0.1) is 5.92 Å². The summed E-state index contributed by atoms with van der Waals surface area (Å²) >= 11 is 3.45. The Morgan fingerprint density at radius 1 is 1.43 bits per heavy atom. The molecule has 4 heterocycles. The van der Waals surface area contributed by atoms with Gasteiger partial charge in [-0.1, -0.05) is 0 Å². The van der Waals surface area contributed by atoms with E-state index in [-0.39, 0.29) is 10.7 Å². The lowest BCUT2D eigenvalue weighted by Crippen LogP contribution is -2.60. The van der Waals surface area contributed by atoms with Crippen LogP contribution in [0.15, 0.2) is 10.9 Å². The molecule has 5 nitrogen and oxygen atoms in total. The van der Waals surface area contributed by atoms with Gasteiger partial charge < -0.3 is 14.4 Å². The highest BCUT2D eigenvalue weighted by atomic mass is 32.2. The van der Waals surface area contributed by atoms with Crippen molar-refractivity contribution in [3.63, 3.8) is 0 Å². The van der Waals surface area contributed by atoms with Crippen molar-refractivity contribution in [2.24, 2.45) is 5.92 Å². The lowest BCUT2D eigenvalue weighted by atomic mass is 9.92. The summed E-state index contributed by atoms with van der Waals surface area (Å²) < 4.78 is 11.8. The second kappa shape index (κ2) is 6.70. The summed E-state index contributed by atoms with van der Waals surface area (Å²) in [6.07, 6.45) is 3.67. The summed E-state index contributed by atoms with van der Waals surface area (Å²) in [5.74, 6) is 1.79. The number of aromatic nitrogens is 1. The summed E-state index contributed by atoms with van der Waals surface area (Å²) in [5, 5.41) is 1.83. The van der Waals surface area contributed by atoms with E-state index in [1.807, 2.05) is 22.0 Å². The Bertz CT molecular complexity index is 540. The van der Waals surface area contributed by atoms with Gasteiger partial charge >= 0.3 is 0 Å². The SMILES string of the molecule is O=C(c1cscn1)N1CC2(CC(OCC3CCOCC3)CS2)C1. The average Bonchev–Trinajstić information content (AvgIpc) is 3.22. The van der Waals surface area contributed by atoms with Crippen molar-refractivity contribution in [2.45, 2.75) is 30.1 Å². The minimum atomic E-state index is 0.0732. The molecule has 0 aromatic carbocycles. The molecule has 1 unspecified atom stereocenters. The van der Waals surface area contributed by atoms with Crippen molar-refractivity contribution in [1.29, 1.82) is 0 Å². The van der Waals surface area contributed by atoms with Crippen LogP contribution in [0.2, 0.25) is 0 Å². The highest BCUT2D eigenvalue weighted by Crippen LogP contribution is 2.46. The topological polar surface area (TPSA) is 51.7 Å². The fraction of sp³-hybridized carbons (Fsp3) is 0.750. The van der Waals surface area contributed by atoms with E-state index in [2.05, 4.69) is 4.98 Å². The molecule has 3 fully saturated rings. The summed E-state index contributed by atoms with van der Waals surface area (Å²) in [6.45, 7) is 4.30. The Labute approximate surface area is 144 Å². The number of nitrogens with zero attached hydrogens (tertiary/aromatic N) is 2. The third kappa shape index (κ3) is 3.43. The number of ether oxygens (including phenoxy) is 2. The molecule has 7 heteroatoms. The lowest BCUT2D eigenvalue weighted by molar-refractivity contribution is -0.0118. The van der Waals surface area contributed by atoms with Crippen LogP contribution in [0.5, 0.6) is 0 Å². The second-order valence-corrected chi connectivity index (χ2v) is 8.95. The van der Waals surface area contributed by atoms with E-state index < -0.39 is 0 Å². The van der Waals surface area contributed by atoms with Crippen molar-refractivity contribution >= 4 is 29.0 Å². The molecule has 0 saturated carbocycles. The van der Waals surface area contributed by atoms with Gasteiger partial charge in [-0.05, 0) is 25.2 Å². The minimum Gasteiger partial charge on any atom is -0.381 e. The zero-order valence-electron chi connectivity index (χ0n) is 13.1. The van der Waals surface area contributed by atoms with Gasteiger partial charge in [0.25, 0.3) is 5.91 Å². The molecule has 1 aromatic rings. The number of rotatable bonds is 4. The smallest absolute Gasteiger partial charge is 0.273 e. The van der Waals surface area contributed by atoms with Crippen LogP contribution in [-0.2, 0) is 9.47 Å². The Morgan fingerprint density at radius 2 is 2.26 bits per heavy atom. The molecule has 1 aromatic heterocycles. The van der Waals surface area contributed by atoms with Crippen LogP contribution < -0.4 is 0 Å². The van der Waals surface area contributed by atoms with Gasteiger partial charge in [0.1, 0.15) is 5.69 Å². The molecule has 3 aliphatic rings. The molecule has 0 bridgehead atoms. The van der Waals surface area contributed by atoms with Crippen molar-refractivity contribution in [2.75, 3.05) is 38.7 Å². The third-order valence-corrected chi connectivity index (χ3v) is 7.14. The summed E-state index contributed by atoms with van der Waals surface area (Å²) in [7, 11) is 0. The fourth-order valence-electron chi connectivity index (χ4n) is 3.59. The monoisotopic (exact) mass is 354 g/mol.